The Morgan fingerprint density at radius 2 is 2.06 bits per heavy atom. The fraction of sp³-hybridized carbons (Fsp3) is 0.500. The third-order valence-electron chi connectivity index (χ3n) is 3.14. The molecular formula is C14H19ClN2O. The highest BCUT2D eigenvalue weighted by atomic mass is 35.5. The Labute approximate surface area is 114 Å². The average molecular weight is 267 g/mol. The van der Waals surface area contributed by atoms with Gasteiger partial charge in [-0.05, 0) is 25.0 Å². The molecule has 18 heavy (non-hydrogen) atoms. The minimum absolute atomic E-state index is 0.0634. The van der Waals surface area contributed by atoms with Crippen molar-refractivity contribution in [3.05, 3.63) is 28.8 Å². The van der Waals surface area contributed by atoms with Crippen LogP contribution in [0.1, 0.15) is 32.3 Å². The van der Waals surface area contributed by atoms with E-state index in [0.29, 0.717) is 23.2 Å². The van der Waals surface area contributed by atoms with Crippen molar-refractivity contribution in [1.82, 2.24) is 0 Å². The molecule has 0 bridgehead atoms. The Bertz CT molecular complexity index is 424. The topological polar surface area (TPSA) is 47.3 Å². The van der Waals surface area contributed by atoms with Crippen molar-refractivity contribution in [1.29, 1.82) is 5.26 Å². The molecule has 98 valence electrons. The second-order valence-corrected chi connectivity index (χ2v) is 4.54. The first-order chi connectivity index (χ1) is 8.69. The monoisotopic (exact) mass is 266 g/mol. The molecule has 0 aliphatic carbocycles. The smallest absolute Gasteiger partial charge is 0.103 e. The van der Waals surface area contributed by atoms with E-state index in [0.717, 1.165) is 18.5 Å². The van der Waals surface area contributed by atoms with Crippen molar-refractivity contribution < 1.29 is 5.11 Å². The highest BCUT2D eigenvalue weighted by Crippen LogP contribution is 2.29. The zero-order valence-corrected chi connectivity index (χ0v) is 11.6. The fourth-order valence-corrected chi connectivity index (χ4v) is 2.41. The Hall–Kier alpha value is -1.24. The van der Waals surface area contributed by atoms with Crippen molar-refractivity contribution >= 4 is 17.3 Å². The largest absolute Gasteiger partial charge is 0.395 e. The van der Waals surface area contributed by atoms with Gasteiger partial charge in [-0.1, -0.05) is 31.5 Å². The van der Waals surface area contributed by atoms with Gasteiger partial charge in [0.2, 0.25) is 0 Å². The van der Waals surface area contributed by atoms with E-state index >= 15 is 0 Å². The van der Waals surface area contributed by atoms with E-state index in [9.17, 15) is 10.4 Å². The van der Waals surface area contributed by atoms with E-state index in [-0.39, 0.29) is 6.61 Å². The minimum Gasteiger partial charge on any atom is -0.395 e. The maximum absolute atomic E-state index is 9.22. The molecular weight excluding hydrogens is 248 g/mol. The standard InChI is InChI=1S/C14H19ClN2O/c1-3-11(4-2)17(8-9-18)14-7-5-6-13(15)12(14)10-16/h5-7,11,18H,3-4,8-9H2,1-2H3. The lowest BCUT2D eigenvalue weighted by Crippen LogP contribution is -2.37. The Morgan fingerprint density at radius 3 is 2.56 bits per heavy atom. The lowest BCUT2D eigenvalue weighted by molar-refractivity contribution is 0.296. The van der Waals surface area contributed by atoms with Crippen molar-refractivity contribution in [2.24, 2.45) is 0 Å². The summed E-state index contributed by atoms with van der Waals surface area (Å²) in [7, 11) is 0. The highest BCUT2D eigenvalue weighted by Gasteiger charge is 2.19. The van der Waals surface area contributed by atoms with Gasteiger partial charge in [0.1, 0.15) is 6.07 Å². The molecule has 1 aromatic rings. The van der Waals surface area contributed by atoms with Gasteiger partial charge in [0.25, 0.3) is 0 Å². The predicted octanol–water partition coefficient (Wildman–Crippen LogP) is 3.20. The molecule has 0 unspecified atom stereocenters. The number of hydrogen-bond donors (Lipinski definition) is 1. The molecule has 0 spiro atoms. The van der Waals surface area contributed by atoms with Crippen molar-refractivity contribution in [2.75, 3.05) is 18.1 Å². The molecule has 1 aromatic carbocycles. The molecule has 0 aliphatic heterocycles. The normalized spacial score (nSPS) is 10.4. The molecule has 3 nitrogen and oxygen atoms in total. The quantitative estimate of drug-likeness (QED) is 0.860. The van der Waals surface area contributed by atoms with Crippen LogP contribution in [-0.2, 0) is 0 Å². The molecule has 1 N–H and O–H groups in total. The van der Waals surface area contributed by atoms with E-state index < -0.39 is 0 Å². The third-order valence-corrected chi connectivity index (χ3v) is 3.45. The number of aliphatic hydroxyl groups excluding tert-OH is 1. The molecule has 1 rings (SSSR count). The summed E-state index contributed by atoms with van der Waals surface area (Å²) in [4.78, 5) is 2.07. The molecule has 0 aliphatic rings. The third kappa shape index (κ3) is 3.16. The van der Waals surface area contributed by atoms with E-state index in [4.69, 9.17) is 11.6 Å². The zero-order chi connectivity index (χ0) is 13.5. The summed E-state index contributed by atoms with van der Waals surface area (Å²) in [6.45, 7) is 4.79. The van der Waals surface area contributed by atoms with Gasteiger partial charge in [-0.15, -0.1) is 0 Å². The molecule has 0 fully saturated rings. The molecule has 0 saturated heterocycles. The molecule has 4 heteroatoms. The first-order valence-corrected chi connectivity index (χ1v) is 6.63. The van der Waals surface area contributed by atoms with Crippen molar-refractivity contribution in [3.8, 4) is 6.07 Å². The highest BCUT2D eigenvalue weighted by molar-refractivity contribution is 6.32. The Balaban J connectivity index is 3.21. The lowest BCUT2D eigenvalue weighted by atomic mass is 10.1. The summed E-state index contributed by atoms with van der Waals surface area (Å²) < 4.78 is 0. The number of aliphatic hydroxyl groups is 1. The van der Waals surface area contributed by atoms with E-state index in [1.165, 1.54) is 0 Å². The molecule has 0 radical (unpaired) electrons. The second-order valence-electron chi connectivity index (χ2n) is 4.13. The van der Waals surface area contributed by atoms with Crippen molar-refractivity contribution in [3.63, 3.8) is 0 Å². The number of hydrogen-bond acceptors (Lipinski definition) is 3. The lowest BCUT2D eigenvalue weighted by Gasteiger charge is -2.33. The Kier molecular flexibility index (Phi) is 5.97. The van der Waals surface area contributed by atoms with Gasteiger partial charge < -0.3 is 10.0 Å². The van der Waals surface area contributed by atoms with Gasteiger partial charge in [0.05, 0.1) is 22.9 Å². The number of halogens is 1. The van der Waals surface area contributed by atoms with E-state index in [1.54, 1.807) is 6.07 Å². The van der Waals surface area contributed by atoms with Gasteiger partial charge in [0.15, 0.2) is 0 Å². The number of nitrogens with zero attached hydrogens (tertiary/aromatic N) is 2. The maximum atomic E-state index is 9.22. The van der Waals surface area contributed by atoms with E-state index in [1.807, 2.05) is 12.1 Å². The van der Waals surface area contributed by atoms with Crippen molar-refractivity contribution in [2.45, 2.75) is 32.7 Å². The van der Waals surface area contributed by atoms with Crippen LogP contribution in [0.25, 0.3) is 0 Å². The first-order valence-electron chi connectivity index (χ1n) is 6.25. The van der Waals surface area contributed by atoms with E-state index in [2.05, 4.69) is 24.8 Å². The summed E-state index contributed by atoms with van der Waals surface area (Å²) >= 11 is 6.05. The molecule has 0 heterocycles. The SMILES string of the molecule is CCC(CC)N(CCO)c1cccc(Cl)c1C#N. The molecule has 0 amide bonds. The van der Waals surface area contributed by atoms with Crippen LogP contribution in [-0.4, -0.2) is 24.3 Å². The summed E-state index contributed by atoms with van der Waals surface area (Å²) in [6, 6.07) is 7.90. The van der Waals surface area contributed by atoms with Crippen LogP contribution in [0.5, 0.6) is 0 Å². The Morgan fingerprint density at radius 1 is 1.39 bits per heavy atom. The zero-order valence-electron chi connectivity index (χ0n) is 10.9. The van der Waals surface area contributed by atoms with Crippen LogP contribution in [0, 0.1) is 11.3 Å². The number of benzene rings is 1. The number of rotatable bonds is 6. The van der Waals surface area contributed by atoms with Gasteiger partial charge in [-0.2, -0.15) is 5.26 Å². The van der Waals surface area contributed by atoms with Crippen LogP contribution >= 0.6 is 11.6 Å². The summed E-state index contributed by atoms with van der Waals surface area (Å²) in [6.07, 6.45) is 1.93. The van der Waals surface area contributed by atoms with Crippen LogP contribution < -0.4 is 4.90 Å². The van der Waals surface area contributed by atoms with Crippen LogP contribution in [0.15, 0.2) is 18.2 Å². The van der Waals surface area contributed by atoms with Gasteiger partial charge in [-0.3, -0.25) is 0 Å². The predicted molar refractivity (Wildman–Crippen MR) is 75.0 cm³/mol. The minimum atomic E-state index is 0.0634. The number of nitriles is 1. The molecule has 0 aromatic heterocycles. The summed E-state index contributed by atoms with van der Waals surface area (Å²) in [5.74, 6) is 0. The fourth-order valence-electron chi connectivity index (χ4n) is 2.20. The van der Waals surface area contributed by atoms with Crippen LogP contribution in [0.4, 0.5) is 5.69 Å². The van der Waals surface area contributed by atoms with Crippen LogP contribution in [0.3, 0.4) is 0 Å². The average Bonchev–Trinajstić information content (AvgIpc) is 2.38. The maximum Gasteiger partial charge on any atom is 0.103 e. The summed E-state index contributed by atoms with van der Waals surface area (Å²) in [5.41, 5.74) is 1.30. The van der Waals surface area contributed by atoms with Gasteiger partial charge in [-0.25, -0.2) is 0 Å². The molecule has 0 saturated carbocycles. The van der Waals surface area contributed by atoms with Gasteiger partial charge in [0, 0.05) is 12.6 Å². The second kappa shape index (κ2) is 7.25. The van der Waals surface area contributed by atoms with Gasteiger partial charge >= 0.3 is 0 Å². The van der Waals surface area contributed by atoms with Crippen LogP contribution in [0.2, 0.25) is 5.02 Å². The summed E-state index contributed by atoms with van der Waals surface area (Å²) in [5, 5.41) is 18.9. The number of anilines is 1. The molecule has 0 atom stereocenters. The first kappa shape index (κ1) is 14.8.